The van der Waals surface area contributed by atoms with E-state index in [0.29, 0.717) is 6.04 Å². The van der Waals surface area contributed by atoms with Crippen LogP contribution in [0.5, 0.6) is 0 Å². The average Bonchev–Trinajstić information content (AvgIpc) is 2.16. The number of likely N-dealkylation sites (N-methyl/N-ethyl adjacent to an activating group) is 2. The Labute approximate surface area is 101 Å². The molecular weight excluding hydrogens is 198 g/mol. The smallest absolute Gasteiger partial charge is 0.0322 e. The van der Waals surface area contributed by atoms with Crippen molar-refractivity contribution in [2.75, 3.05) is 46.8 Å². The SMILES string of the molecule is CC(C)CCCN(C)CC1CN(C)CCN1. The first-order valence-electron chi connectivity index (χ1n) is 6.68. The first-order chi connectivity index (χ1) is 7.58. The van der Waals surface area contributed by atoms with Crippen molar-refractivity contribution in [3.8, 4) is 0 Å². The van der Waals surface area contributed by atoms with Crippen LogP contribution in [0.2, 0.25) is 0 Å². The van der Waals surface area contributed by atoms with Gasteiger partial charge >= 0.3 is 0 Å². The van der Waals surface area contributed by atoms with Gasteiger partial charge < -0.3 is 15.1 Å². The van der Waals surface area contributed by atoms with E-state index in [0.717, 1.165) is 12.5 Å². The van der Waals surface area contributed by atoms with Gasteiger partial charge in [-0.2, -0.15) is 0 Å². The van der Waals surface area contributed by atoms with E-state index in [1.807, 2.05) is 0 Å². The molecule has 0 amide bonds. The third-order valence-corrected chi connectivity index (χ3v) is 3.31. The molecule has 0 aromatic carbocycles. The average molecular weight is 227 g/mol. The van der Waals surface area contributed by atoms with Crippen molar-refractivity contribution < 1.29 is 0 Å². The molecule has 1 unspecified atom stereocenters. The summed E-state index contributed by atoms with van der Waals surface area (Å²) in [5.41, 5.74) is 0. The second-order valence-corrected chi connectivity index (χ2v) is 5.71. The van der Waals surface area contributed by atoms with Gasteiger partial charge in [0, 0.05) is 32.2 Å². The maximum absolute atomic E-state index is 3.60. The molecule has 1 aliphatic rings. The van der Waals surface area contributed by atoms with Crippen LogP contribution >= 0.6 is 0 Å². The minimum absolute atomic E-state index is 0.655. The Hall–Kier alpha value is -0.120. The number of piperazine rings is 1. The predicted molar refractivity (Wildman–Crippen MR) is 70.9 cm³/mol. The highest BCUT2D eigenvalue weighted by atomic mass is 15.2. The molecule has 0 aliphatic carbocycles. The fourth-order valence-electron chi connectivity index (χ4n) is 2.35. The first kappa shape index (κ1) is 13.9. The summed E-state index contributed by atoms with van der Waals surface area (Å²) < 4.78 is 0. The molecule has 3 heteroatoms. The minimum Gasteiger partial charge on any atom is -0.310 e. The maximum Gasteiger partial charge on any atom is 0.0322 e. The van der Waals surface area contributed by atoms with Gasteiger partial charge in [-0.15, -0.1) is 0 Å². The van der Waals surface area contributed by atoms with Crippen molar-refractivity contribution in [3.63, 3.8) is 0 Å². The van der Waals surface area contributed by atoms with Crippen LogP contribution < -0.4 is 5.32 Å². The molecule has 0 aromatic heterocycles. The van der Waals surface area contributed by atoms with Crippen molar-refractivity contribution in [1.82, 2.24) is 15.1 Å². The third-order valence-electron chi connectivity index (χ3n) is 3.31. The summed E-state index contributed by atoms with van der Waals surface area (Å²) in [5.74, 6) is 0.840. The number of nitrogens with zero attached hydrogens (tertiary/aromatic N) is 2. The zero-order valence-corrected chi connectivity index (χ0v) is 11.5. The molecule has 0 bridgehead atoms. The second-order valence-electron chi connectivity index (χ2n) is 5.71. The lowest BCUT2D eigenvalue weighted by Crippen LogP contribution is -2.53. The summed E-state index contributed by atoms with van der Waals surface area (Å²) in [7, 11) is 4.46. The molecule has 16 heavy (non-hydrogen) atoms. The Balaban J connectivity index is 2.10. The van der Waals surface area contributed by atoms with Crippen LogP contribution in [0, 0.1) is 5.92 Å². The Bertz CT molecular complexity index is 182. The standard InChI is InChI=1S/C13H29N3/c1-12(2)6-5-8-15(3)10-13-11-16(4)9-7-14-13/h12-14H,5-11H2,1-4H3. The molecule has 0 saturated carbocycles. The van der Waals surface area contributed by atoms with Crippen LogP contribution in [0.25, 0.3) is 0 Å². The van der Waals surface area contributed by atoms with E-state index < -0.39 is 0 Å². The summed E-state index contributed by atoms with van der Waals surface area (Å²) in [6.07, 6.45) is 2.68. The minimum atomic E-state index is 0.655. The molecule has 0 spiro atoms. The summed E-state index contributed by atoms with van der Waals surface area (Å²) in [6, 6.07) is 0.655. The van der Waals surface area contributed by atoms with E-state index in [1.54, 1.807) is 0 Å². The molecule has 0 aromatic rings. The molecule has 1 saturated heterocycles. The van der Waals surface area contributed by atoms with Gasteiger partial charge in [0.25, 0.3) is 0 Å². The zero-order chi connectivity index (χ0) is 12.0. The van der Waals surface area contributed by atoms with Crippen LogP contribution in [0.4, 0.5) is 0 Å². The lowest BCUT2D eigenvalue weighted by Gasteiger charge is -2.33. The summed E-state index contributed by atoms with van der Waals surface area (Å²) in [6.45, 7) is 10.5. The largest absolute Gasteiger partial charge is 0.310 e. The van der Waals surface area contributed by atoms with Crippen molar-refractivity contribution in [3.05, 3.63) is 0 Å². The van der Waals surface area contributed by atoms with E-state index in [1.165, 1.54) is 39.0 Å². The van der Waals surface area contributed by atoms with Crippen molar-refractivity contribution >= 4 is 0 Å². The van der Waals surface area contributed by atoms with Crippen LogP contribution in [0.3, 0.4) is 0 Å². The third kappa shape index (κ3) is 5.83. The summed E-state index contributed by atoms with van der Waals surface area (Å²) >= 11 is 0. The number of hydrogen-bond acceptors (Lipinski definition) is 3. The highest BCUT2D eigenvalue weighted by Gasteiger charge is 2.17. The molecule has 0 radical (unpaired) electrons. The fraction of sp³-hybridized carbons (Fsp3) is 1.00. The van der Waals surface area contributed by atoms with E-state index >= 15 is 0 Å². The zero-order valence-electron chi connectivity index (χ0n) is 11.5. The quantitative estimate of drug-likeness (QED) is 0.737. The summed E-state index contributed by atoms with van der Waals surface area (Å²) in [4.78, 5) is 4.89. The topological polar surface area (TPSA) is 18.5 Å². The van der Waals surface area contributed by atoms with Crippen LogP contribution in [-0.4, -0.2) is 62.7 Å². The van der Waals surface area contributed by atoms with Crippen molar-refractivity contribution in [2.24, 2.45) is 5.92 Å². The van der Waals surface area contributed by atoms with Crippen LogP contribution in [0.15, 0.2) is 0 Å². The highest BCUT2D eigenvalue weighted by molar-refractivity contribution is 4.78. The van der Waals surface area contributed by atoms with Gasteiger partial charge in [0.15, 0.2) is 0 Å². The van der Waals surface area contributed by atoms with Crippen LogP contribution in [-0.2, 0) is 0 Å². The van der Waals surface area contributed by atoms with Crippen LogP contribution in [0.1, 0.15) is 26.7 Å². The van der Waals surface area contributed by atoms with Gasteiger partial charge in [0.1, 0.15) is 0 Å². The number of rotatable bonds is 6. The normalized spacial score (nSPS) is 23.2. The van der Waals surface area contributed by atoms with Crippen molar-refractivity contribution in [1.29, 1.82) is 0 Å². The molecule has 1 N–H and O–H groups in total. The predicted octanol–water partition coefficient (Wildman–Crippen LogP) is 1.26. The Morgan fingerprint density at radius 3 is 2.81 bits per heavy atom. The Morgan fingerprint density at radius 1 is 1.44 bits per heavy atom. The van der Waals surface area contributed by atoms with Crippen molar-refractivity contribution in [2.45, 2.75) is 32.7 Å². The Kier molecular flexibility index (Phi) is 6.32. The Morgan fingerprint density at radius 2 is 2.19 bits per heavy atom. The molecule has 1 fully saturated rings. The molecule has 1 heterocycles. The highest BCUT2D eigenvalue weighted by Crippen LogP contribution is 2.05. The first-order valence-corrected chi connectivity index (χ1v) is 6.68. The van der Waals surface area contributed by atoms with E-state index in [-0.39, 0.29) is 0 Å². The lowest BCUT2D eigenvalue weighted by molar-refractivity contribution is 0.193. The van der Waals surface area contributed by atoms with E-state index in [2.05, 4.69) is 43.1 Å². The molecule has 96 valence electrons. The molecular formula is C13H29N3. The molecule has 3 nitrogen and oxygen atoms in total. The number of nitrogens with one attached hydrogen (secondary N) is 1. The van der Waals surface area contributed by atoms with Gasteiger partial charge in [-0.25, -0.2) is 0 Å². The van der Waals surface area contributed by atoms with E-state index in [9.17, 15) is 0 Å². The monoisotopic (exact) mass is 227 g/mol. The molecule has 1 aliphatic heterocycles. The number of hydrogen-bond donors (Lipinski definition) is 1. The van der Waals surface area contributed by atoms with Gasteiger partial charge in [0.2, 0.25) is 0 Å². The van der Waals surface area contributed by atoms with Gasteiger partial charge in [-0.1, -0.05) is 13.8 Å². The maximum atomic E-state index is 3.60. The van der Waals surface area contributed by atoms with E-state index in [4.69, 9.17) is 0 Å². The van der Waals surface area contributed by atoms with Gasteiger partial charge in [0.05, 0.1) is 0 Å². The fourth-order valence-corrected chi connectivity index (χ4v) is 2.35. The summed E-state index contributed by atoms with van der Waals surface area (Å²) in [5, 5.41) is 3.60. The lowest BCUT2D eigenvalue weighted by atomic mass is 10.1. The molecule has 1 rings (SSSR count). The van der Waals surface area contributed by atoms with Gasteiger partial charge in [-0.3, -0.25) is 0 Å². The molecule has 1 atom stereocenters. The second kappa shape index (κ2) is 7.25. The van der Waals surface area contributed by atoms with Gasteiger partial charge in [-0.05, 0) is 39.4 Å².